The maximum Gasteiger partial charge on any atom is 0.122 e. The molecule has 3 N–H and O–H groups in total. The van der Waals surface area contributed by atoms with E-state index in [-0.39, 0.29) is 5.92 Å². The van der Waals surface area contributed by atoms with Gasteiger partial charge in [-0.25, -0.2) is 0 Å². The molecule has 20 heavy (non-hydrogen) atoms. The van der Waals surface area contributed by atoms with Crippen LogP contribution in [0.4, 0.5) is 0 Å². The van der Waals surface area contributed by atoms with Crippen LogP contribution < -0.4 is 10.5 Å². The summed E-state index contributed by atoms with van der Waals surface area (Å²) in [5, 5.41) is 10.7. The lowest BCUT2D eigenvalue weighted by Gasteiger charge is -2.23. The van der Waals surface area contributed by atoms with E-state index in [1.807, 2.05) is 30.3 Å². The van der Waals surface area contributed by atoms with Gasteiger partial charge in [-0.1, -0.05) is 18.2 Å². The zero-order valence-corrected chi connectivity index (χ0v) is 14.8. The van der Waals surface area contributed by atoms with Crippen LogP contribution in [0.5, 0.6) is 5.75 Å². The summed E-state index contributed by atoms with van der Waals surface area (Å²) in [6, 6.07) is 9.56. The first-order valence-corrected chi connectivity index (χ1v) is 8.44. The number of methoxy groups -OCH3 is 1. The molecular weight excluding hydrogens is 406 g/mol. The molecule has 1 aromatic heterocycles. The Labute approximate surface area is 139 Å². The van der Waals surface area contributed by atoms with E-state index < -0.39 is 6.10 Å². The minimum absolute atomic E-state index is 0.219. The Balaban J connectivity index is 2.39. The Morgan fingerprint density at radius 3 is 2.55 bits per heavy atom. The molecule has 3 nitrogen and oxygen atoms in total. The van der Waals surface area contributed by atoms with E-state index >= 15 is 0 Å². The third-order valence-corrected chi connectivity index (χ3v) is 5.56. The van der Waals surface area contributed by atoms with Crippen LogP contribution in [0.25, 0.3) is 0 Å². The predicted octanol–water partition coefficient (Wildman–Crippen LogP) is 4.06. The highest BCUT2D eigenvalue weighted by atomic mass is 79.9. The van der Waals surface area contributed by atoms with Crippen molar-refractivity contribution in [2.75, 3.05) is 13.7 Å². The number of benzene rings is 1. The average molecular weight is 421 g/mol. The molecular formula is C14H15Br2NO2S. The van der Waals surface area contributed by atoms with Gasteiger partial charge < -0.3 is 15.6 Å². The molecule has 0 saturated heterocycles. The smallest absolute Gasteiger partial charge is 0.122 e. The molecule has 2 aromatic rings. The van der Waals surface area contributed by atoms with Gasteiger partial charge in [0.25, 0.3) is 0 Å². The number of halogens is 2. The lowest BCUT2D eigenvalue weighted by molar-refractivity contribution is 0.146. The fourth-order valence-electron chi connectivity index (χ4n) is 2.17. The van der Waals surface area contributed by atoms with Crippen LogP contribution in [0.15, 0.2) is 37.9 Å². The van der Waals surface area contributed by atoms with Gasteiger partial charge in [-0.3, -0.25) is 0 Å². The second kappa shape index (κ2) is 7.04. The second-order valence-electron chi connectivity index (χ2n) is 4.31. The van der Waals surface area contributed by atoms with Gasteiger partial charge >= 0.3 is 0 Å². The fraction of sp³-hybridized carbons (Fsp3) is 0.286. The Morgan fingerprint density at radius 1 is 1.30 bits per heavy atom. The van der Waals surface area contributed by atoms with Crippen molar-refractivity contribution in [1.29, 1.82) is 0 Å². The Bertz CT molecular complexity index is 588. The number of hydrogen-bond acceptors (Lipinski definition) is 4. The van der Waals surface area contributed by atoms with Gasteiger partial charge in [0.2, 0.25) is 0 Å². The van der Waals surface area contributed by atoms with Gasteiger partial charge in [-0.15, -0.1) is 11.3 Å². The standard InChI is InChI=1S/C14H15Br2NO2S/c1-19-11-5-3-2-4-8(11)10(7-17)13(18)9-6-12(15)20-14(9)16/h2-6,10,13,18H,7,17H2,1H3. The first-order chi connectivity index (χ1) is 9.58. The van der Waals surface area contributed by atoms with Crippen molar-refractivity contribution in [3.63, 3.8) is 0 Å². The van der Waals surface area contributed by atoms with Crippen LogP contribution in [0, 0.1) is 0 Å². The van der Waals surface area contributed by atoms with Crippen molar-refractivity contribution in [3.05, 3.63) is 49.0 Å². The minimum Gasteiger partial charge on any atom is -0.496 e. The topological polar surface area (TPSA) is 55.5 Å². The Hall–Kier alpha value is -0.400. The summed E-state index contributed by atoms with van der Waals surface area (Å²) in [5.74, 6) is 0.524. The molecule has 0 amide bonds. The number of hydrogen-bond donors (Lipinski definition) is 2. The Morgan fingerprint density at radius 2 is 2.00 bits per heavy atom. The molecule has 0 radical (unpaired) electrons. The van der Waals surface area contributed by atoms with Gasteiger partial charge in [0.1, 0.15) is 5.75 Å². The largest absolute Gasteiger partial charge is 0.496 e. The monoisotopic (exact) mass is 419 g/mol. The number of aliphatic hydroxyl groups excluding tert-OH is 1. The molecule has 108 valence electrons. The summed E-state index contributed by atoms with van der Waals surface area (Å²) < 4.78 is 7.24. The van der Waals surface area contributed by atoms with Crippen LogP contribution in [0.3, 0.4) is 0 Å². The molecule has 1 aromatic carbocycles. The highest BCUT2D eigenvalue weighted by Crippen LogP contribution is 2.42. The zero-order valence-electron chi connectivity index (χ0n) is 10.8. The van der Waals surface area contributed by atoms with E-state index in [1.165, 1.54) is 11.3 Å². The first kappa shape index (κ1) is 16.0. The van der Waals surface area contributed by atoms with Gasteiger partial charge in [0.05, 0.1) is 20.8 Å². The van der Waals surface area contributed by atoms with Crippen molar-refractivity contribution in [2.24, 2.45) is 5.73 Å². The van der Waals surface area contributed by atoms with Crippen LogP contribution in [0.1, 0.15) is 23.1 Å². The summed E-state index contributed by atoms with van der Waals surface area (Å²) in [7, 11) is 1.62. The van der Waals surface area contributed by atoms with Gasteiger partial charge in [-0.05, 0) is 44.0 Å². The lowest BCUT2D eigenvalue weighted by Crippen LogP contribution is -2.20. The molecule has 6 heteroatoms. The van der Waals surface area contributed by atoms with Crippen molar-refractivity contribution >= 4 is 43.2 Å². The third kappa shape index (κ3) is 3.26. The molecule has 1 heterocycles. The van der Waals surface area contributed by atoms with Gasteiger partial charge in [0.15, 0.2) is 0 Å². The normalized spacial score (nSPS) is 14.1. The molecule has 0 aliphatic heterocycles. The SMILES string of the molecule is COc1ccccc1C(CN)C(O)c1cc(Br)sc1Br. The van der Waals surface area contributed by atoms with Gasteiger partial charge in [0, 0.05) is 23.6 Å². The summed E-state index contributed by atoms with van der Waals surface area (Å²) in [4.78, 5) is 0. The molecule has 0 aliphatic rings. The predicted molar refractivity (Wildman–Crippen MR) is 89.5 cm³/mol. The van der Waals surface area contributed by atoms with Crippen LogP contribution in [0.2, 0.25) is 0 Å². The van der Waals surface area contributed by atoms with E-state index in [4.69, 9.17) is 10.5 Å². The summed E-state index contributed by atoms with van der Waals surface area (Å²) in [6.07, 6.45) is -0.687. The zero-order chi connectivity index (χ0) is 14.7. The molecule has 2 atom stereocenters. The molecule has 0 aliphatic carbocycles. The van der Waals surface area contributed by atoms with E-state index in [2.05, 4.69) is 31.9 Å². The molecule has 0 saturated carbocycles. The molecule has 2 rings (SSSR count). The van der Waals surface area contributed by atoms with Crippen molar-refractivity contribution in [1.82, 2.24) is 0 Å². The molecule has 0 bridgehead atoms. The van der Waals surface area contributed by atoms with Crippen LogP contribution in [-0.2, 0) is 0 Å². The molecule has 0 fully saturated rings. The lowest BCUT2D eigenvalue weighted by atomic mass is 9.89. The van der Waals surface area contributed by atoms with Crippen molar-refractivity contribution < 1.29 is 9.84 Å². The number of aliphatic hydroxyl groups is 1. The summed E-state index contributed by atoms with van der Waals surface area (Å²) >= 11 is 8.44. The van der Waals surface area contributed by atoms with Gasteiger partial charge in [-0.2, -0.15) is 0 Å². The minimum atomic E-state index is -0.687. The Kier molecular flexibility index (Phi) is 5.63. The maximum absolute atomic E-state index is 10.7. The number of nitrogens with two attached hydrogens (primary N) is 1. The highest BCUT2D eigenvalue weighted by Gasteiger charge is 2.26. The van der Waals surface area contributed by atoms with Crippen molar-refractivity contribution in [3.8, 4) is 5.75 Å². The number of ether oxygens (including phenoxy) is 1. The maximum atomic E-state index is 10.7. The first-order valence-electron chi connectivity index (χ1n) is 6.04. The second-order valence-corrected chi connectivity index (χ2v) is 8.06. The van der Waals surface area contributed by atoms with Crippen molar-refractivity contribution in [2.45, 2.75) is 12.0 Å². The van der Waals surface area contributed by atoms with E-state index in [0.717, 1.165) is 24.4 Å². The quantitative estimate of drug-likeness (QED) is 0.766. The summed E-state index contributed by atoms with van der Waals surface area (Å²) in [6.45, 7) is 0.335. The molecule has 0 spiro atoms. The summed E-state index contributed by atoms with van der Waals surface area (Å²) in [5.41, 5.74) is 7.64. The number of para-hydroxylation sites is 1. The number of rotatable bonds is 5. The van der Waals surface area contributed by atoms with E-state index in [0.29, 0.717) is 6.54 Å². The molecule has 2 unspecified atom stereocenters. The average Bonchev–Trinajstić information content (AvgIpc) is 2.79. The van der Waals surface area contributed by atoms with E-state index in [1.54, 1.807) is 7.11 Å². The van der Waals surface area contributed by atoms with E-state index in [9.17, 15) is 5.11 Å². The van der Waals surface area contributed by atoms with Crippen LogP contribution in [-0.4, -0.2) is 18.8 Å². The fourth-order valence-corrected chi connectivity index (χ4v) is 5.08. The highest BCUT2D eigenvalue weighted by molar-refractivity contribution is 9.12. The third-order valence-electron chi connectivity index (χ3n) is 3.18. The van der Waals surface area contributed by atoms with Crippen LogP contribution >= 0.6 is 43.2 Å². The number of thiophene rings is 1.